The van der Waals surface area contributed by atoms with E-state index in [1.54, 1.807) is 0 Å². The molecule has 1 N–H and O–H groups in total. The van der Waals surface area contributed by atoms with Crippen LogP contribution in [0.3, 0.4) is 0 Å². The van der Waals surface area contributed by atoms with Crippen LogP contribution in [0.15, 0.2) is 24.3 Å². The van der Waals surface area contributed by atoms with Crippen LogP contribution in [0.5, 0.6) is 5.75 Å². The molecular formula is C26H27F7O3. The number of carbonyl (C=O) groups is 1. The van der Waals surface area contributed by atoms with Crippen LogP contribution < -0.4 is 4.74 Å². The Balaban J connectivity index is 1.99. The van der Waals surface area contributed by atoms with Crippen molar-refractivity contribution in [3.63, 3.8) is 0 Å². The zero-order valence-corrected chi connectivity index (χ0v) is 19.6. The van der Waals surface area contributed by atoms with Gasteiger partial charge in [0.25, 0.3) is 0 Å². The van der Waals surface area contributed by atoms with Crippen molar-refractivity contribution in [3.8, 4) is 16.9 Å². The zero-order chi connectivity index (χ0) is 26.6. The summed E-state index contributed by atoms with van der Waals surface area (Å²) in [4.78, 5) is 11.5. The lowest BCUT2D eigenvalue weighted by atomic mass is 9.75. The standard InChI is InChI=1S/C26H27F7O3/c1-2-3-4-5-14-6-8-15(9-7-14)17-13-19(28)22(24(34)35)23(29)21(17)16-10-11-20(18(27)12-16)36-26(32,33)25(30)31/h10-15,25H,2-9H2,1H3,(H,34,35). The molecule has 0 saturated heterocycles. The topological polar surface area (TPSA) is 46.5 Å². The third-order valence-electron chi connectivity index (χ3n) is 6.69. The molecule has 0 unspecified atom stereocenters. The lowest BCUT2D eigenvalue weighted by Crippen LogP contribution is -2.33. The minimum Gasteiger partial charge on any atom is -0.477 e. The summed E-state index contributed by atoms with van der Waals surface area (Å²) in [6.07, 6.45) is -2.05. The molecule has 1 aliphatic carbocycles. The molecule has 36 heavy (non-hydrogen) atoms. The van der Waals surface area contributed by atoms with Gasteiger partial charge >= 0.3 is 18.5 Å². The highest BCUT2D eigenvalue weighted by Crippen LogP contribution is 2.44. The normalized spacial score (nSPS) is 18.5. The summed E-state index contributed by atoms with van der Waals surface area (Å²) < 4.78 is 99.6. The highest BCUT2D eigenvalue weighted by molar-refractivity contribution is 5.91. The number of halogens is 7. The molecule has 10 heteroatoms. The maximum atomic E-state index is 15.4. The molecule has 0 amide bonds. The van der Waals surface area contributed by atoms with Crippen LogP contribution in [0.1, 0.15) is 80.1 Å². The maximum absolute atomic E-state index is 15.4. The van der Waals surface area contributed by atoms with Gasteiger partial charge in [-0.25, -0.2) is 18.0 Å². The second-order valence-corrected chi connectivity index (χ2v) is 9.14. The summed E-state index contributed by atoms with van der Waals surface area (Å²) in [6.45, 7) is 2.11. The number of benzene rings is 2. The fourth-order valence-electron chi connectivity index (χ4n) is 4.82. The van der Waals surface area contributed by atoms with Crippen LogP contribution in [0.2, 0.25) is 0 Å². The van der Waals surface area contributed by atoms with Crippen molar-refractivity contribution in [2.75, 3.05) is 0 Å². The molecule has 0 heterocycles. The van der Waals surface area contributed by atoms with Gasteiger partial charge in [0.2, 0.25) is 0 Å². The van der Waals surface area contributed by atoms with E-state index in [0.29, 0.717) is 30.9 Å². The number of hydrogen-bond acceptors (Lipinski definition) is 2. The number of aromatic carboxylic acids is 1. The molecule has 1 saturated carbocycles. The number of alkyl halides is 4. The Morgan fingerprint density at radius 2 is 1.72 bits per heavy atom. The van der Waals surface area contributed by atoms with Crippen molar-refractivity contribution in [2.24, 2.45) is 5.92 Å². The maximum Gasteiger partial charge on any atom is 0.461 e. The Hall–Kier alpha value is -2.78. The summed E-state index contributed by atoms with van der Waals surface area (Å²) in [5, 5.41) is 9.31. The van der Waals surface area contributed by atoms with Crippen molar-refractivity contribution in [2.45, 2.75) is 76.7 Å². The SMILES string of the molecule is CCCCCC1CCC(c2cc(F)c(C(=O)O)c(F)c2-c2ccc(OC(F)(F)C(F)F)c(F)c2)CC1. The van der Waals surface area contributed by atoms with Crippen LogP contribution >= 0.6 is 0 Å². The molecule has 2 aromatic rings. The van der Waals surface area contributed by atoms with Crippen LogP contribution in [0.25, 0.3) is 11.1 Å². The molecule has 0 aromatic heterocycles. The second kappa shape index (κ2) is 11.5. The lowest BCUT2D eigenvalue weighted by Gasteiger charge is -2.30. The third kappa shape index (κ3) is 6.13. The molecule has 0 bridgehead atoms. The monoisotopic (exact) mass is 520 g/mol. The molecule has 0 atom stereocenters. The van der Waals surface area contributed by atoms with E-state index >= 15 is 4.39 Å². The molecular weight excluding hydrogens is 493 g/mol. The third-order valence-corrected chi connectivity index (χ3v) is 6.69. The summed E-state index contributed by atoms with van der Waals surface area (Å²) in [5.41, 5.74) is -1.70. The number of carboxylic acid groups (broad SMARTS) is 1. The first-order valence-corrected chi connectivity index (χ1v) is 11.9. The Labute approximate surface area is 204 Å². The molecule has 1 aliphatic rings. The molecule has 0 aliphatic heterocycles. The van der Waals surface area contributed by atoms with E-state index in [0.717, 1.165) is 50.7 Å². The van der Waals surface area contributed by atoms with E-state index in [4.69, 9.17) is 0 Å². The van der Waals surface area contributed by atoms with Crippen LogP contribution in [0.4, 0.5) is 30.7 Å². The smallest absolute Gasteiger partial charge is 0.461 e. The summed E-state index contributed by atoms with van der Waals surface area (Å²) in [5.74, 6) is -7.12. The summed E-state index contributed by atoms with van der Waals surface area (Å²) >= 11 is 0. The second-order valence-electron chi connectivity index (χ2n) is 9.14. The number of ether oxygens (including phenoxy) is 1. The van der Waals surface area contributed by atoms with Crippen LogP contribution in [-0.4, -0.2) is 23.6 Å². The first-order chi connectivity index (χ1) is 17.0. The number of unbranched alkanes of at least 4 members (excludes halogenated alkanes) is 2. The molecule has 0 spiro atoms. The van der Waals surface area contributed by atoms with E-state index in [2.05, 4.69) is 11.7 Å². The zero-order valence-electron chi connectivity index (χ0n) is 19.6. The molecule has 2 aromatic carbocycles. The van der Waals surface area contributed by atoms with Gasteiger partial charge in [0.1, 0.15) is 17.2 Å². The van der Waals surface area contributed by atoms with E-state index < -0.39 is 47.3 Å². The first kappa shape index (κ1) is 27.8. The van der Waals surface area contributed by atoms with Crippen molar-refractivity contribution in [1.82, 2.24) is 0 Å². The van der Waals surface area contributed by atoms with Gasteiger partial charge in [-0.3, -0.25) is 0 Å². The average Bonchev–Trinajstić information content (AvgIpc) is 2.80. The largest absolute Gasteiger partial charge is 0.477 e. The molecule has 198 valence electrons. The highest BCUT2D eigenvalue weighted by atomic mass is 19.3. The van der Waals surface area contributed by atoms with Crippen molar-refractivity contribution >= 4 is 5.97 Å². The fourth-order valence-corrected chi connectivity index (χ4v) is 4.82. The Kier molecular flexibility index (Phi) is 8.89. The van der Waals surface area contributed by atoms with Gasteiger partial charge < -0.3 is 9.84 Å². The predicted molar refractivity (Wildman–Crippen MR) is 119 cm³/mol. The highest BCUT2D eigenvalue weighted by Gasteiger charge is 2.44. The van der Waals surface area contributed by atoms with Gasteiger partial charge in [0.15, 0.2) is 11.6 Å². The van der Waals surface area contributed by atoms with Crippen LogP contribution in [-0.2, 0) is 0 Å². The number of hydrogen-bond donors (Lipinski definition) is 1. The van der Waals surface area contributed by atoms with Gasteiger partial charge in [0.05, 0.1) is 0 Å². The minimum atomic E-state index is -4.96. The van der Waals surface area contributed by atoms with Crippen molar-refractivity contribution < 1.29 is 45.4 Å². The number of rotatable bonds is 10. The summed E-state index contributed by atoms with van der Waals surface area (Å²) in [6, 6.07) is 3.08. The molecule has 3 nitrogen and oxygen atoms in total. The van der Waals surface area contributed by atoms with Crippen LogP contribution in [0, 0.1) is 23.4 Å². The average molecular weight is 520 g/mol. The quantitative estimate of drug-likeness (QED) is 0.252. The van der Waals surface area contributed by atoms with E-state index in [1.807, 2.05) is 0 Å². The molecule has 0 radical (unpaired) electrons. The van der Waals surface area contributed by atoms with Crippen molar-refractivity contribution in [3.05, 3.63) is 52.8 Å². The van der Waals surface area contributed by atoms with Crippen molar-refractivity contribution in [1.29, 1.82) is 0 Å². The van der Waals surface area contributed by atoms with Gasteiger partial charge in [-0.05, 0) is 66.8 Å². The van der Waals surface area contributed by atoms with E-state index in [-0.39, 0.29) is 22.6 Å². The van der Waals surface area contributed by atoms with Gasteiger partial charge in [-0.2, -0.15) is 17.6 Å². The van der Waals surface area contributed by atoms with E-state index in [1.165, 1.54) is 0 Å². The fraction of sp³-hybridized carbons (Fsp3) is 0.500. The van der Waals surface area contributed by atoms with Gasteiger partial charge in [-0.1, -0.05) is 38.7 Å². The van der Waals surface area contributed by atoms with Gasteiger partial charge in [-0.15, -0.1) is 0 Å². The Morgan fingerprint density at radius 1 is 1.06 bits per heavy atom. The van der Waals surface area contributed by atoms with Gasteiger partial charge in [0, 0.05) is 5.56 Å². The molecule has 3 rings (SSSR count). The number of carboxylic acids is 1. The minimum absolute atomic E-state index is 0.146. The Morgan fingerprint density at radius 3 is 2.28 bits per heavy atom. The Bertz CT molecular complexity index is 1080. The predicted octanol–water partition coefficient (Wildman–Crippen LogP) is 8.56. The van der Waals surface area contributed by atoms with E-state index in [9.17, 15) is 36.2 Å². The lowest BCUT2D eigenvalue weighted by molar-refractivity contribution is -0.254. The molecule has 1 fully saturated rings. The summed E-state index contributed by atoms with van der Waals surface area (Å²) in [7, 11) is 0. The first-order valence-electron chi connectivity index (χ1n) is 11.9.